The number of H-pyrrole nitrogens is 1. The summed E-state index contributed by atoms with van der Waals surface area (Å²) < 4.78 is 4.54. The van der Waals surface area contributed by atoms with E-state index < -0.39 is 0 Å². The molecular formula is C10H10N2O3. The zero-order chi connectivity index (χ0) is 10.8. The summed E-state index contributed by atoms with van der Waals surface area (Å²) >= 11 is 0. The lowest BCUT2D eigenvalue weighted by molar-refractivity contribution is -0.139. The average Bonchev–Trinajstić information content (AvgIpc) is 2.63. The van der Waals surface area contributed by atoms with Crippen LogP contribution in [0.4, 0.5) is 0 Å². The largest absolute Gasteiger partial charge is 0.507 e. The van der Waals surface area contributed by atoms with E-state index in [1.54, 1.807) is 18.2 Å². The van der Waals surface area contributed by atoms with Gasteiger partial charge in [-0.1, -0.05) is 6.07 Å². The molecule has 2 rings (SSSR count). The number of fused-ring (bicyclic) bond motifs is 1. The van der Waals surface area contributed by atoms with Gasteiger partial charge in [-0.05, 0) is 12.1 Å². The topological polar surface area (TPSA) is 75.2 Å². The van der Waals surface area contributed by atoms with Gasteiger partial charge in [-0.25, -0.2) is 0 Å². The molecule has 1 aromatic carbocycles. The highest BCUT2D eigenvalue weighted by atomic mass is 16.5. The molecule has 0 atom stereocenters. The van der Waals surface area contributed by atoms with Crippen LogP contribution in [-0.2, 0) is 16.0 Å². The van der Waals surface area contributed by atoms with Crippen molar-refractivity contribution >= 4 is 16.9 Å². The van der Waals surface area contributed by atoms with Crippen molar-refractivity contribution in [2.24, 2.45) is 0 Å². The molecule has 0 aliphatic heterocycles. The molecule has 0 amide bonds. The number of carbonyl (C=O) groups excluding carboxylic acids is 1. The van der Waals surface area contributed by atoms with E-state index in [0.717, 1.165) is 0 Å². The lowest BCUT2D eigenvalue weighted by Crippen LogP contribution is -2.04. The first-order valence-corrected chi connectivity index (χ1v) is 4.44. The number of carbonyl (C=O) groups is 1. The highest BCUT2D eigenvalue weighted by Crippen LogP contribution is 2.26. The summed E-state index contributed by atoms with van der Waals surface area (Å²) in [6.07, 6.45) is 0.0740. The van der Waals surface area contributed by atoms with Crippen LogP contribution in [0.3, 0.4) is 0 Å². The summed E-state index contributed by atoms with van der Waals surface area (Å²) in [5.74, 6) is -0.260. The van der Waals surface area contributed by atoms with Gasteiger partial charge in [-0.15, -0.1) is 0 Å². The van der Waals surface area contributed by atoms with E-state index in [9.17, 15) is 9.90 Å². The zero-order valence-electron chi connectivity index (χ0n) is 8.15. The second-order valence-electron chi connectivity index (χ2n) is 3.13. The maximum atomic E-state index is 11.1. The van der Waals surface area contributed by atoms with Crippen molar-refractivity contribution < 1.29 is 14.6 Å². The number of rotatable bonds is 2. The highest BCUT2D eigenvalue weighted by Gasteiger charge is 2.12. The molecule has 0 aliphatic rings. The van der Waals surface area contributed by atoms with Gasteiger partial charge in [0.05, 0.1) is 30.1 Å². The highest BCUT2D eigenvalue weighted by molar-refractivity contribution is 5.90. The number of aromatic nitrogens is 2. The molecule has 2 N–H and O–H groups in total. The lowest BCUT2D eigenvalue weighted by atomic mass is 10.1. The number of hydrogen-bond acceptors (Lipinski definition) is 4. The van der Waals surface area contributed by atoms with Crippen LogP contribution >= 0.6 is 0 Å². The van der Waals surface area contributed by atoms with Gasteiger partial charge in [-0.3, -0.25) is 9.89 Å². The molecule has 5 heteroatoms. The molecular weight excluding hydrogens is 196 g/mol. The summed E-state index contributed by atoms with van der Waals surface area (Å²) in [6.45, 7) is 0. The summed E-state index contributed by atoms with van der Waals surface area (Å²) in [5.41, 5.74) is 1.20. The van der Waals surface area contributed by atoms with Crippen LogP contribution in [0.25, 0.3) is 10.9 Å². The minimum atomic E-state index is -0.371. The molecule has 15 heavy (non-hydrogen) atoms. The van der Waals surface area contributed by atoms with Crippen LogP contribution in [0, 0.1) is 0 Å². The number of phenols is 1. The Morgan fingerprint density at radius 2 is 2.40 bits per heavy atom. The molecule has 0 aliphatic carbocycles. The van der Waals surface area contributed by atoms with Crippen molar-refractivity contribution in [1.29, 1.82) is 0 Å². The van der Waals surface area contributed by atoms with Gasteiger partial charge in [0.15, 0.2) is 0 Å². The number of phenolic OH excluding ortho intramolecular Hbond substituents is 1. The number of nitrogens with zero attached hydrogens (tertiary/aromatic N) is 1. The molecule has 2 aromatic rings. The number of hydrogen-bond donors (Lipinski definition) is 2. The second kappa shape index (κ2) is 3.61. The van der Waals surface area contributed by atoms with Crippen LogP contribution in [-0.4, -0.2) is 28.4 Å². The monoisotopic (exact) mass is 206 g/mol. The van der Waals surface area contributed by atoms with Crippen molar-refractivity contribution in [2.75, 3.05) is 7.11 Å². The summed E-state index contributed by atoms with van der Waals surface area (Å²) in [7, 11) is 1.32. The van der Waals surface area contributed by atoms with Crippen molar-refractivity contribution in [3.8, 4) is 5.75 Å². The summed E-state index contributed by atoms with van der Waals surface area (Å²) in [5, 5.41) is 16.9. The Balaban J connectivity index is 2.48. The van der Waals surface area contributed by atoms with Crippen LogP contribution in [0.1, 0.15) is 5.69 Å². The second-order valence-corrected chi connectivity index (χ2v) is 3.13. The summed E-state index contributed by atoms with van der Waals surface area (Å²) in [4.78, 5) is 11.1. The van der Waals surface area contributed by atoms with Gasteiger partial charge in [0.25, 0.3) is 0 Å². The molecule has 0 saturated carbocycles. The molecule has 0 fully saturated rings. The van der Waals surface area contributed by atoms with Gasteiger partial charge in [-0.2, -0.15) is 5.10 Å². The Labute approximate surface area is 85.7 Å². The number of aromatic amines is 1. The van der Waals surface area contributed by atoms with Gasteiger partial charge < -0.3 is 9.84 Å². The van der Waals surface area contributed by atoms with E-state index in [0.29, 0.717) is 16.6 Å². The SMILES string of the molecule is COC(=O)Cc1[nH]nc2cccc(O)c12. The van der Waals surface area contributed by atoms with E-state index in [1.807, 2.05) is 0 Å². The molecule has 0 radical (unpaired) electrons. The third kappa shape index (κ3) is 1.63. The molecule has 78 valence electrons. The molecule has 0 saturated heterocycles. The van der Waals surface area contributed by atoms with Crippen molar-refractivity contribution in [2.45, 2.75) is 6.42 Å². The molecule has 1 aromatic heterocycles. The van der Waals surface area contributed by atoms with Gasteiger partial charge in [0.1, 0.15) is 5.75 Å². The Morgan fingerprint density at radius 3 is 3.13 bits per heavy atom. The first kappa shape index (κ1) is 9.51. The number of methoxy groups -OCH3 is 1. The maximum absolute atomic E-state index is 11.1. The van der Waals surface area contributed by atoms with Crippen LogP contribution < -0.4 is 0 Å². The predicted molar refractivity (Wildman–Crippen MR) is 53.5 cm³/mol. The minimum absolute atomic E-state index is 0.0740. The van der Waals surface area contributed by atoms with Gasteiger partial charge in [0.2, 0.25) is 0 Å². The smallest absolute Gasteiger partial charge is 0.311 e. The van der Waals surface area contributed by atoms with Gasteiger partial charge >= 0.3 is 5.97 Å². The minimum Gasteiger partial charge on any atom is -0.507 e. The number of nitrogens with one attached hydrogen (secondary N) is 1. The average molecular weight is 206 g/mol. The fourth-order valence-electron chi connectivity index (χ4n) is 1.46. The fourth-order valence-corrected chi connectivity index (χ4v) is 1.46. The number of benzene rings is 1. The third-order valence-electron chi connectivity index (χ3n) is 2.18. The van der Waals surface area contributed by atoms with Crippen molar-refractivity contribution in [3.63, 3.8) is 0 Å². The van der Waals surface area contributed by atoms with E-state index >= 15 is 0 Å². The van der Waals surface area contributed by atoms with Crippen molar-refractivity contribution in [1.82, 2.24) is 10.2 Å². The molecule has 1 heterocycles. The molecule has 0 bridgehead atoms. The fraction of sp³-hybridized carbons (Fsp3) is 0.200. The maximum Gasteiger partial charge on any atom is 0.311 e. The van der Waals surface area contributed by atoms with Crippen LogP contribution in [0.15, 0.2) is 18.2 Å². The predicted octanol–water partition coefficient (Wildman–Crippen LogP) is 0.984. The third-order valence-corrected chi connectivity index (χ3v) is 2.18. The Hall–Kier alpha value is -2.04. The van der Waals surface area contributed by atoms with Crippen LogP contribution in [0.2, 0.25) is 0 Å². The number of esters is 1. The summed E-state index contributed by atoms with van der Waals surface area (Å²) in [6, 6.07) is 5.01. The first-order valence-electron chi connectivity index (χ1n) is 4.44. The van der Waals surface area contributed by atoms with E-state index in [-0.39, 0.29) is 18.1 Å². The zero-order valence-corrected chi connectivity index (χ0v) is 8.15. The Kier molecular flexibility index (Phi) is 2.29. The Morgan fingerprint density at radius 1 is 1.60 bits per heavy atom. The standard InChI is InChI=1S/C10H10N2O3/c1-15-9(14)5-7-10-6(11-12-7)3-2-4-8(10)13/h2-4,13H,5H2,1H3,(H,11,12). The molecule has 0 unspecified atom stereocenters. The molecule has 0 spiro atoms. The molecule has 5 nitrogen and oxygen atoms in total. The normalized spacial score (nSPS) is 10.5. The van der Waals surface area contributed by atoms with E-state index in [2.05, 4.69) is 14.9 Å². The van der Waals surface area contributed by atoms with Crippen LogP contribution in [0.5, 0.6) is 5.75 Å². The first-order chi connectivity index (χ1) is 7.22. The number of aromatic hydroxyl groups is 1. The quantitative estimate of drug-likeness (QED) is 0.718. The number of ether oxygens (including phenoxy) is 1. The van der Waals surface area contributed by atoms with E-state index in [1.165, 1.54) is 7.11 Å². The lowest BCUT2D eigenvalue weighted by Gasteiger charge is -1.98. The Bertz CT molecular complexity index is 504. The van der Waals surface area contributed by atoms with Gasteiger partial charge in [0, 0.05) is 0 Å². The van der Waals surface area contributed by atoms with Crippen molar-refractivity contribution in [3.05, 3.63) is 23.9 Å². The van der Waals surface area contributed by atoms with E-state index in [4.69, 9.17) is 0 Å².